The maximum atomic E-state index is 14.0. The molecular weight excluding hydrogens is 349 g/mol. The molecule has 2 aromatic carbocycles. The zero-order chi connectivity index (χ0) is 16.1. The molecule has 0 heterocycles. The Bertz CT molecular complexity index is 728. The summed E-state index contributed by atoms with van der Waals surface area (Å²) in [7, 11) is 0. The Labute approximate surface area is 135 Å². The number of hydrogen-bond donors (Lipinski definition) is 2. The molecular formula is C16H13BrFN3O. The third kappa shape index (κ3) is 3.83. The highest BCUT2D eigenvalue weighted by Crippen LogP contribution is 2.25. The van der Waals surface area contributed by atoms with Crippen molar-refractivity contribution in [3.63, 3.8) is 0 Å². The number of anilines is 1. The Balaban J connectivity index is 2.24. The normalized spacial score (nSPS) is 11.5. The van der Waals surface area contributed by atoms with E-state index < -0.39 is 17.8 Å². The first-order valence-corrected chi connectivity index (χ1v) is 7.29. The van der Waals surface area contributed by atoms with Gasteiger partial charge in [-0.3, -0.25) is 4.79 Å². The highest BCUT2D eigenvalue weighted by molar-refractivity contribution is 9.10. The second-order valence-electron chi connectivity index (χ2n) is 4.71. The Morgan fingerprint density at radius 3 is 2.64 bits per heavy atom. The standard InChI is InChI=1S/C16H13BrFN3O/c17-12-8-14(13(18)7-11(12)9-19)21-15(16(20)22)6-10-4-2-1-3-5-10/h1-5,7-8,15,21H,6H2,(H2,20,22)/t15-/m1/s1. The highest BCUT2D eigenvalue weighted by Gasteiger charge is 2.18. The molecule has 0 aliphatic heterocycles. The van der Waals surface area contributed by atoms with Crippen LogP contribution in [0, 0.1) is 17.1 Å². The molecule has 6 heteroatoms. The van der Waals surface area contributed by atoms with Crippen LogP contribution < -0.4 is 11.1 Å². The fourth-order valence-electron chi connectivity index (χ4n) is 2.00. The molecule has 4 nitrogen and oxygen atoms in total. The molecule has 0 unspecified atom stereocenters. The van der Waals surface area contributed by atoms with E-state index in [0.717, 1.165) is 11.6 Å². The second-order valence-corrected chi connectivity index (χ2v) is 5.57. The summed E-state index contributed by atoms with van der Waals surface area (Å²) in [6, 6.07) is 13.0. The maximum absolute atomic E-state index is 14.0. The van der Waals surface area contributed by atoms with Crippen molar-refractivity contribution < 1.29 is 9.18 Å². The van der Waals surface area contributed by atoms with Crippen molar-refractivity contribution in [2.75, 3.05) is 5.32 Å². The van der Waals surface area contributed by atoms with E-state index in [1.54, 1.807) is 0 Å². The molecule has 1 amide bonds. The van der Waals surface area contributed by atoms with E-state index in [0.29, 0.717) is 10.9 Å². The van der Waals surface area contributed by atoms with Gasteiger partial charge in [-0.05, 0) is 33.6 Å². The van der Waals surface area contributed by atoms with E-state index in [1.807, 2.05) is 36.4 Å². The highest BCUT2D eigenvalue weighted by atomic mass is 79.9. The van der Waals surface area contributed by atoms with Crippen molar-refractivity contribution in [3.05, 3.63) is 63.9 Å². The van der Waals surface area contributed by atoms with Crippen LogP contribution in [0.25, 0.3) is 0 Å². The number of primary amides is 1. The van der Waals surface area contributed by atoms with E-state index in [4.69, 9.17) is 11.0 Å². The number of nitrogens with zero attached hydrogens (tertiary/aromatic N) is 1. The van der Waals surface area contributed by atoms with Crippen molar-refractivity contribution >= 4 is 27.5 Å². The number of hydrogen-bond acceptors (Lipinski definition) is 3. The van der Waals surface area contributed by atoms with Crippen LogP contribution >= 0.6 is 15.9 Å². The Morgan fingerprint density at radius 2 is 2.05 bits per heavy atom. The van der Waals surface area contributed by atoms with Crippen molar-refractivity contribution in [1.29, 1.82) is 5.26 Å². The molecule has 22 heavy (non-hydrogen) atoms. The first-order valence-electron chi connectivity index (χ1n) is 6.50. The van der Waals surface area contributed by atoms with E-state index in [1.165, 1.54) is 6.07 Å². The summed E-state index contributed by atoms with van der Waals surface area (Å²) in [5.41, 5.74) is 6.60. The molecule has 3 N–H and O–H groups in total. The van der Waals surface area contributed by atoms with Gasteiger partial charge in [-0.2, -0.15) is 5.26 Å². The number of halogens is 2. The zero-order valence-corrected chi connectivity index (χ0v) is 13.1. The van der Waals surface area contributed by atoms with Crippen molar-refractivity contribution in [3.8, 4) is 6.07 Å². The summed E-state index contributed by atoms with van der Waals surface area (Å²) >= 11 is 3.19. The monoisotopic (exact) mass is 361 g/mol. The lowest BCUT2D eigenvalue weighted by molar-refractivity contribution is -0.118. The van der Waals surface area contributed by atoms with Gasteiger partial charge in [0, 0.05) is 10.9 Å². The van der Waals surface area contributed by atoms with Gasteiger partial charge in [0.15, 0.2) is 0 Å². The molecule has 2 aromatic rings. The van der Waals surface area contributed by atoms with E-state index >= 15 is 0 Å². The molecule has 112 valence electrons. The van der Waals surface area contributed by atoms with Crippen LogP contribution in [0.4, 0.5) is 10.1 Å². The van der Waals surface area contributed by atoms with Crippen LogP contribution in [-0.4, -0.2) is 11.9 Å². The molecule has 1 atom stereocenters. The predicted octanol–water partition coefficient (Wildman–Crippen LogP) is 2.97. The van der Waals surface area contributed by atoms with Crippen molar-refractivity contribution in [2.24, 2.45) is 5.73 Å². The smallest absolute Gasteiger partial charge is 0.240 e. The van der Waals surface area contributed by atoms with Crippen LogP contribution in [-0.2, 0) is 11.2 Å². The van der Waals surface area contributed by atoms with Crippen LogP contribution in [0.5, 0.6) is 0 Å². The molecule has 0 bridgehead atoms. The Kier molecular flexibility index (Phi) is 5.12. The van der Waals surface area contributed by atoms with Crippen molar-refractivity contribution in [2.45, 2.75) is 12.5 Å². The van der Waals surface area contributed by atoms with Crippen LogP contribution in [0.2, 0.25) is 0 Å². The topological polar surface area (TPSA) is 78.9 Å². The molecule has 0 aliphatic rings. The summed E-state index contributed by atoms with van der Waals surface area (Å²) in [4.78, 5) is 11.6. The van der Waals surface area contributed by atoms with E-state index in [-0.39, 0.29) is 11.3 Å². The van der Waals surface area contributed by atoms with E-state index in [9.17, 15) is 9.18 Å². The number of benzene rings is 2. The molecule has 0 spiro atoms. The van der Waals surface area contributed by atoms with Gasteiger partial charge in [0.05, 0.1) is 11.3 Å². The molecule has 0 saturated heterocycles. The third-order valence-corrected chi connectivity index (χ3v) is 3.79. The average Bonchev–Trinajstić information content (AvgIpc) is 2.50. The fourth-order valence-corrected chi connectivity index (χ4v) is 2.44. The van der Waals surface area contributed by atoms with Gasteiger partial charge in [-0.15, -0.1) is 0 Å². The number of rotatable bonds is 5. The molecule has 0 saturated carbocycles. The quantitative estimate of drug-likeness (QED) is 0.858. The lowest BCUT2D eigenvalue weighted by Crippen LogP contribution is -2.37. The first-order chi connectivity index (χ1) is 10.5. The number of amides is 1. The number of carbonyl (C=O) groups excluding carboxylic acids is 1. The number of nitriles is 1. The van der Waals surface area contributed by atoms with Gasteiger partial charge >= 0.3 is 0 Å². The molecule has 2 rings (SSSR count). The summed E-state index contributed by atoms with van der Waals surface area (Å²) in [5.74, 6) is -1.19. The SMILES string of the molecule is N#Cc1cc(F)c(N[C@H](Cc2ccccc2)C(N)=O)cc1Br. The van der Waals surface area contributed by atoms with Gasteiger partial charge in [-0.25, -0.2) is 4.39 Å². The Morgan fingerprint density at radius 1 is 1.36 bits per heavy atom. The van der Waals surface area contributed by atoms with Gasteiger partial charge in [0.25, 0.3) is 0 Å². The lowest BCUT2D eigenvalue weighted by atomic mass is 10.0. The average molecular weight is 362 g/mol. The van der Waals surface area contributed by atoms with Gasteiger partial charge in [0.2, 0.25) is 5.91 Å². The number of nitrogens with one attached hydrogen (secondary N) is 1. The predicted molar refractivity (Wildman–Crippen MR) is 85.6 cm³/mol. The number of carbonyl (C=O) groups is 1. The second kappa shape index (κ2) is 7.05. The minimum absolute atomic E-state index is 0.116. The first kappa shape index (κ1) is 16.0. The Hall–Kier alpha value is -2.39. The summed E-state index contributed by atoms with van der Waals surface area (Å²) < 4.78 is 14.4. The molecule has 0 fully saturated rings. The third-order valence-electron chi connectivity index (χ3n) is 3.13. The number of nitrogens with two attached hydrogens (primary N) is 1. The zero-order valence-electron chi connectivity index (χ0n) is 11.5. The van der Waals surface area contributed by atoms with Crippen molar-refractivity contribution in [1.82, 2.24) is 0 Å². The summed E-state index contributed by atoms with van der Waals surface area (Å²) in [5, 5.41) is 11.7. The van der Waals surface area contributed by atoms with Crippen LogP contribution in [0.15, 0.2) is 46.9 Å². The maximum Gasteiger partial charge on any atom is 0.240 e. The van der Waals surface area contributed by atoms with Crippen LogP contribution in [0.3, 0.4) is 0 Å². The van der Waals surface area contributed by atoms with Gasteiger partial charge in [0.1, 0.15) is 17.9 Å². The van der Waals surface area contributed by atoms with Gasteiger partial charge in [-0.1, -0.05) is 30.3 Å². The minimum Gasteiger partial charge on any atom is -0.371 e. The molecule has 0 aliphatic carbocycles. The lowest BCUT2D eigenvalue weighted by Gasteiger charge is -2.18. The largest absolute Gasteiger partial charge is 0.371 e. The minimum atomic E-state index is -0.753. The molecule has 0 aromatic heterocycles. The van der Waals surface area contributed by atoms with Crippen LogP contribution in [0.1, 0.15) is 11.1 Å². The molecule has 0 radical (unpaired) electrons. The summed E-state index contributed by atoms with van der Waals surface area (Å²) in [6.45, 7) is 0. The van der Waals surface area contributed by atoms with E-state index in [2.05, 4.69) is 21.2 Å². The van der Waals surface area contributed by atoms with Gasteiger partial charge < -0.3 is 11.1 Å². The fraction of sp³-hybridized carbons (Fsp3) is 0.125. The summed E-state index contributed by atoms with van der Waals surface area (Å²) in [6.07, 6.45) is 0.341.